The zero-order chi connectivity index (χ0) is 20.9. The van der Waals surface area contributed by atoms with Gasteiger partial charge in [-0.15, -0.1) is 11.3 Å². The fraction of sp³-hybridized carbons (Fsp3) is 0.167. The van der Waals surface area contributed by atoms with E-state index in [0.29, 0.717) is 18.6 Å². The zero-order valence-electron chi connectivity index (χ0n) is 16.9. The Kier molecular flexibility index (Phi) is 4.11. The summed E-state index contributed by atoms with van der Waals surface area (Å²) in [6.07, 6.45) is 4.48. The third-order valence-electron chi connectivity index (χ3n) is 5.86. The minimum atomic E-state index is -0.0950. The van der Waals surface area contributed by atoms with Crippen molar-refractivity contribution in [1.29, 1.82) is 0 Å². The van der Waals surface area contributed by atoms with E-state index in [0.717, 1.165) is 38.3 Å². The second kappa shape index (κ2) is 6.99. The molecule has 5 aromatic rings. The molecule has 3 aromatic heterocycles. The lowest BCUT2D eigenvalue weighted by Crippen LogP contribution is -2.25. The number of hydrogen-bond donors (Lipinski definition) is 0. The van der Waals surface area contributed by atoms with E-state index in [9.17, 15) is 4.79 Å². The molecule has 1 aliphatic rings. The Balaban J connectivity index is 1.42. The van der Waals surface area contributed by atoms with E-state index in [1.54, 1.807) is 22.2 Å². The molecule has 0 atom stereocenters. The van der Waals surface area contributed by atoms with E-state index < -0.39 is 0 Å². The van der Waals surface area contributed by atoms with Crippen LogP contribution < -0.4 is 5.56 Å². The molecule has 0 unspecified atom stereocenters. The van der Waals surface area contributed by atoms with Gasteiger partial charge < -0.3 is 4.57 Å². The van der Waals surface area contributed by atoms with E-state index >= 15 is 0 Å². The quantitative estimate of drug-likeness (QED) is 0.438. The van der Waals surface area contributed by atoms with Crippen LogP contribution in [0.15, 0.2) is 64.5 Å². The molecule has 31 heavy (non-hydrogen) atoms. The summed E-state index contributed by atoms with van der Waals surface area (Å²) >= 11 is 1.64. The predicted octanol–water partition coefficient (Wildman–Crippen LogP) is 3.92. The van der Waals surface area contributed by atoms with Gasteiger partial charge >= 0.3 is 0 Å². The maximum absolute atomic E-state index is 13.3. The van der Waals surface area contributed by atoms with Gasteiger partial charge in [-0.2, -0.15) is 5.10 Å². The molecular weight excluding hydrogens is 406 g/mol. The first-order valence-electron chi connectivity index (χ1n) is 10.2. The van der Waals surface area contributed by atoms with Gasteiger partial charge in [0.2, 0.25) is 0 Å². The Hall–Kier alpha value is -3.58. The summed E-state index contributed by atoms with van der Waals surface area (Å²) in [6, 6.07) is 16.4. The van der Waals surface area contributed by atoms with E-state index in [-0.39, 0.29) is 5.56 Å². The molecule has 6 rings (SSSR count). The third kappa shape index (κ3) is 2.92. The maximum Gasteiger partial charge on any atom is 0.291 e. The highest BCUT2D eigenvalue weighted by molar-refractivity contribution is 7.19. The van der Waals surface area contributed by atoms with Crippen molar-refractivity contribution >= 4 is 38.8 Å². The summed E-state index contributed by atoms with van der Waals surface area (Å²) in [6.45, 7) is 1.13. The van der Waals surface area contributed by atoms with Crippen LogP contribution >= 0.6 is 11.3 Å². The van der Waals surface area contributed by atoms with Gasteiger partial charge in [0, 0.05) is 30.6 Å². The van der Waals surface area contributed by atoms with E-state index in [1.807, 2.05) is 48.2 Å². The molecular formula is C24H19N5OS. The van der Waals surface area contributed by atoms with Gasteiger partial charge in [-0.05, 0) is 16.7 Å². The molecule has 0 spiro atoms. The molecule has 0 fully saturated rings. The van der Waals surface area contributed by atoms with E-state index in [2.05, 4.69) is 28.3 Å². The average molecular weight is 426 g/mol. The molecule has 0 aliphatic carbocycles. The van der Waals surface area contributed by atoms with Crippen molar-refractivity contribution in [3.05, 3.63) is 92.3 Å². The van der Waals surface area contributed by atoms with Crippen LogP contribution in [0.5, 0.6) is 0 Å². The predicted molar refractivity (Wildman–Crippen MR) is 124 cm³/mol. The van der Waals surface area contributed by atoms with Crippen molar-refractivity contribution in [1.82, 2.24) is 19.3 Å². The van der Waals surface area contributed by atoms with Crippen LogP contribution in [-0.2, 0) is 26.6 Å². The lowest BCUT2D eigenvalue weighted by Gasteiger charge is -2.09. The van der Waals surface area contributed by atoms with Gasteiger partial charge in [0.15, 0.2) is 5.65 Å². The van der Waals surface area contributed by atoms with Crippen molar-refractivity contribution < 1.29 is 0 Å². The summed E-state index contributed by atoms with van der Waals surface area (Å²) in [7, 11) is 1.91. The minimum absolute atomic E-state index is 0.0950. The fourth-order valence-corrected chi connectivity index (χ4v) is 5.44. The number of aliphatic imine (C=N–C) groups is 1. The van der Waals surface area contributed by atoms with Crippen LogP contribution in [0.4, 0.5) is 0 Å². The van der Waals surface area contributed by atoms with Crippen molar-refractivity contribution in [3.63, 3.8) is 0 Å². The van der Waals surface area contributed by atoms with Gasteiger partial charge in [-0.1, -0.05) is 48.5 Å². The number of rotatable bonds is 4. The van der Waals surface area contributed by atoms with Crippen molar-refractivity contribution in [2.75, 3.05) is 0 Å². The molecule has 0 N–H and O–H groups in total. The van der Waals surface area contributed by atoms with Crippen LogP contribution in [-0.4, -0.2) is 25.5 Å². The molecule has 0 amide bonds. The third-order valence-corrected chi connectivity index (χ3v) is 6.93. The van der Waals surface area contributed by atoms with Crippen molar-refractivity contribution in [3.8, 4) is 0 Å². The highest BCUT2D eigenvalue weighted by Crippen LogP contribution is 2.31. The molecule has 4 heterocycles. The van der Waals surface area contributed by atoms with Crippen molar-refractivity contribution in [2.24, 2.45) is 12.0 Å². The second-order valence-electron chi connectivity index (χ2n) is 7.81. The highest BCUT2D eigenvalue weighted by atomic mass is 32.1. The summed E-state index contributed by atoms with van der Waals surface area (Å²) < 4.78 is 4.47. The largest absolute Gasteiger partial charge is 0.323 e. The summed E-state index contributed by atoms with van der Waals surface area (Å²) in [5.41, 5.74) is 5.99. The van der Waals surface area contributed by atoms with Crippen LogP contribution in [0.1, 0.15) is 27.3 Å². The lowest BCUT2D eigenvalue weighted by atomic mass is 10.0. The smallest absolute Gasteiger partial charge is 0.291 e. The molecule has 0 saturated heterocycles. The molecule has 6 nitrogen and oxygen atoms in total. The SMILES string of the molecule is Cn1c2nc(Cc3ccccc3)sc2c2cnn(Cc3cccc4c3C=NC4)c(=O)c21. The first-order valence-corrected chi connectivity index (χ1v) is 11.0. The Labute approximate surface area is 182 Å². The van der Waals surface area contributed by atoms with Gasteiger partial charge in [0.1, 0.15) is 10.5 Å². The molecule has 0 bridgehead atoms. The number of aromatic nitrogens is 4. The molecule has 0 saturated carbocycles. The number of hydrogen-bond acceptors (Lipinski definition) is 5. The number of benzene rings is 2. The van der Waals surface area contributed by atoms with Crippen LogP contribution in [0, 0.1) is 0 Å². The zero-order valence-corrected chi connectivity index (χ0v) is 17.8. The molecule has 0 radical (unpaired) electrons. The summed E-state index contributed by atoms with van der Waals surface area (Å²) in [5.74, 6) is 0. The number of thiazole rings is 1. The number of aryl methyl sites for hydroxylation is 1. The van der Waals surface area contributed by atoms with Gasteiger partial charge in [0.05, 0.1) is 24.0 Å². The Morgan fingerprint density at radius 1 is 1.10 bits per heavy atom. The molecule has 2 aromatic carbocycles. The first-order chi connectivity index (χ1) is 15.2. The van der Waals surface area contributed by atoms with Crippen LogP contribution in [0.25, 0.3) is 21.3 Å². The average Bonchev–Trinajstić information content (AvgIpc) is 3.48. The second-order valence-corrected chi connectivity index (χ2v) is 8.89. The Bertz CT molecular complexity index is 1540. The Morgan fingerprint density at radius 2 is 1.97 bits per heavy atom. The van der Waals surface area contributed by atoms with Crippen LogP contribution in [0.3, 0.4) is 0 Å². The first kappa shape index (κ1) is 18.2. The standard InChI is InChI=1S/C24H19N5OS/c1-28-21-19(22-23(28)27-20(31-22)10-15-6-3-2-4-7-15)13-26-29(24(21)30)14-17-9-5-8-16-11-25-12-18(16)17/h2-9,12-13H,10-11,14H2,1H3. The van der Waals surface area contributed by atoms with Gasteiger partial charge in [0.25, 0.3) is 5.56 Å². The topological polar surface area (TPSA) is 65.1 Å². The summed E-state index contributed by atoms with van der Waals surface area (Å²) in [5, 5.41) is 6.42. The number of nitrogens with zero attached hydrogens (tertiary/aromatic N) is 5. The number of fused-ring (bicyclic) bond motifs is 4. The normalized spacial score (nSPS) is 12.8. The Morgan fingerprint density at radius 3 is 2.84 bits per heavy atom. The molecule has 1 aliphatic heterocycles. The maximum atomic E-state index is 13.3. The fourth-order valence-electron chi connectivity index (χ4n) is 4.30. The minimum Gasteiger partial charge on any atom is -0.323 e. The van der Waals surface area contributed by atoms with Crippen LogP contribution in [0.2, 0.25) is 0 Å². The van der Waals surface area contributed by atoms with Gasteiger partial charge in [-0.3, -0.25) is 9.79 Å². The van der Waals surface area contributed by atoms with E-state index in [4.69, 9.17) is 4.98 Å². The van der Waals surface area contributed by atoms with E-state index in [1.165, 1.54) is 11.1 Å². The van der Waals surface area contributed by atoms with Crippen molar-refractivity contribution in [2.45, 2.75) is 19.5 Å². The summed E-state index contributed by atoms with van der Waals surface area (Å²) in [4.78, 5) is 22.5. The molecule has 7 heteroatoms. The highest BCUT2D eigenvalue weighted by Gasteiger charge is 2.19. The van der Waals surface area contributed by atoms with Gasteiger partial charge in [-0.25, -0.2) is 9.67 Å². The lowest BCUT2D eigenvalue weighted by molar-refractivity contribution is 0.643. The molecule has 152 valence electrons. The monoisotopic (exact) mass is 425 g/mol.